The van der Waals surface area contributed by atoms with E-state index >= 15 is 0 Å². The van der Waals surface area contributed by atoms with Crippen LogP contribution in [0.25, 0.3) is 0 Å². The Balaban J connectivity index is 1.67. The number of nitrogens with zero attached hydrogens (tertiary/aromatic N) is 1. The van der Waals surface area contributed by atoms with E-state index in [1.807, 2.05) is 12.1 Å². The first-order chi connectivity index (χ1) is 20.2. The van der Waals surface area contributed by atoms with Crippen molar-refractivity contribution in [3.05, 3.63) is 70.8 Å². The number of hydrogen-bond donors (Lipinski definition) is 2. The number of amides is 1. The maximum absolute atomic E-state index is 13.5. The van der Waals surface area contributed by atoms with Crippen molar-refractivity contribution in [3.8, 4) is 0 Å². The van der Waals surface area contributed by atoms with Gasteiger partial charge >= 0.3 is 18.5 Å². The molecule has 236 valence electrons. The van der Waals surface area contributed by atoms with Crippen molar-refractivity contribution in [2.45, 2.75) is 62.1 Å². The molecule has 3 N–H and O–H groups in total. The molecule has 0 unspecified atom stereocenters. The van der Waals surface area contributed by atoms with Crippen LogP contribution in [0.15, 0.2) is 48.5 Å². The summed E-state index contributed by atoms with van der Waals surface area (Å²) in [5, 5.41) is 3.02. The molecule has 4 rings (SSSR count). The second kappa shape index (κ2) is 12.7. The van der Waals surface area contributed by atoms with E-state index in [2.05, 4.69) is 5.32 Å². The first-order valence-corrected chi connectivity index (χ1v) is 13.7. The van der Waals surface area contributed by atoms with Gasteiger partial charge in [0.15, 0.2) is 0 Å². The molecular weight excluding hydrogens is 584 g/mol. The highest BCUT2D eigenvalue weighted by Gasteiger charge is 2.52. The number of likely N-dealkylation sites (tertiary alicyclic amines) is 1. The fraction of sp³-hybridized carbons (Fsp3) is 0.517. The number of carbonyl (C=O) groups is 2. The van der Waals surface area contributed by atoms with E-state index in [0.29, 0.717) is 37.8 Å². The number of ether oxygens (including phenoxy) is 3. The number of hydrogen-bond acceptors (Lipinski definition) is 7. The van der Waals surface area contributed by atoms with Crippen LogP contribution in [-0.2, 0) is 36.9 Å². The van der Waals surface area contributed by atoms with Crippen molar-refractivity contribution in [1.82, 2.24) is 10.2 Å². The summed E-state index contributed by atoms with van der Waals surface area (Å²) >= 11 is 0. The third-order valence-corrected chi connectivity index (χ3v) is 7.99. The molecule has 2 aliphatic heterocycles. The molecule has 2 aromatic rings. The number of piperidine rings is 1. The van der Waals surface area contributed by atoms with E-state index in [1.54, 1.807) is 23.1 Å². The van der Waals surface area contributed by atoms with E-state index in [1.165, 1.54) is 6.92 Å². The second-order valence-corrected chi connectivity index (χ2v) is 10.9. The highest BCUT2D eigenvalue weighted by atomic mass is 19.4. The zero-order valence-electron chi connectivity index (χ0n) is 23.4. The lowest BCUT2D eigenvalue weighted by Gasteiger charge is -2.52. The van der Waals surface area contributed by atoms with Crippen molar-refractivity contribution in [2.75, 3.05) is 33.0 Å². The van der Waals surface area contributed by atoms with Crippen molar-refractivity contribution in [1.29, 1.82) is 0 Å². The third kappa shape index (κ3) is 7.60. The summed E-state index contributed by atoms with van der Waals surface area (Å²) in [6, 6.07) is 10.3. The Morgan fingerprint density at radius 3 is 2.21 bits per heavy atom. The smallest absolute Gasteiger partial charge is 0.433 e. The fourth-order valence-electron chi connectivity index (χ4n) is 5.66. The van der Waals surface area contributed by atoms with Crippen LogP contribution in [0.2, 0.25) is 0 Å². The van der Waals surface area contributed by atoms with E-state index in [9.17, 15) is 35.9 Å². The Bertz CT molecular complexity index is 1260. The van der Waals surface area contributed by atoms with Crippen LogP contribution in [0.5, 0.6) is 0 Å². The fourth-order valence-corrected chi connectivity index (χ4v) is 5.66. The van der Waals surface area contributed by atoms with Gasteiger partial charge in [0.05, 0.1) is 34.9 Å². The molecule has 0 aromatic heterocycles. The van der Waals surface area contributed by atoms with Crippen LogP contribution in [0, 0.1) is 0 Å². The number of rotatable bonds is 9. The van der Waals surface area contributed by atoms with Gasteiger partial charge in [-0.2, -0.15) is 26.3 Å². The number of nitrogens with one attached hydrogen (secondary N) is 1. The number of alkyl halides is 6. The number of carbonyl (C=O) groups excluding carboxylic acids is 2. The minimum atomic E-state index is -5.00. The summed E-state index contributed by atoms with van der Waals surface area (Å²) in [5.74, 6) is -0.120. The maximum atomic E-state index is 13.5. The number of benzene rings is 2. The summed E-state index contributed by atoms with van der Waals surface area (Å²) in [6.07, 6.45) is -10.4. The third-order valence-electron chi connectivity index (χ3n) is 7.99. The normalized spacial score (nSPS) is 23.7. The summed E-state index contributed by atoms with van der Waals surface area (Å²) in [5.41, 5.74) is 1.29. The maximum Gasteiger partial charge on any atom is 0.509 e. The Morgan fingerprint density at radius 2 is 1.65 bits per heavy atom. The predicted molar refractivity (Wildman–Crippen MR) is 141 cm³/mol. The molecule has 8 nitrogen and oxygen atoms in total. The molecule has 0 radical (unpaired) electrons. The molecule has 3 atom stereocenters. The standard InChI is InChI=1S/C29H33F6N3O5/c1-19(20-13-22(28(30,31)32)15-23(14-20)29(33,34)35)42-17-27(21-5-3-2-4-6-21)10-9-26(8-7-24(39)37-26)16-38(27)18-43-25(40)41-12-11-36/h2-6,13-15,19H,7-12,16-18,36H2,1H3,(H,37,39)/t19-,26-,27-/m1/s1. The first-order valence-electron chi connectivity index (χ1n) is 13.7. The van der Waals surface area contributed by atoms with Crippen LogP contribution in [0.4, 0.5) is 31.1 Å². The van der Waals surface area contributed by atoms with Crippen molar-refractivity contribution >= 4 is 12.1 Å². The second-order valence-electron chi connectivity index (χ2n) is 10.9. The largest absolute Gasteiger partial charge is 0.509 e. The highest BCUT2D eigenvalue weighted by Crippen LogP contribution is 2.45. The summed E-state index contributed by atoms with van der Waals surface area (Å²) in [6.45, 7) is 1.15. The van der Waals surface area contributed by atoms with Crippen LogP contribution in [0.1, 0.15) is 61.0 Å². The first kappa shape index (κ1) is 32.6. The molecule has 0 bridgehead atoms. The van der Waals surface area contributed by atoms with E-state index in [-0.39, 0.29) is 50.6 Å². The van der Waals surface area contributed by atoms with Gasteiger partial charge in [0.25, 0.3) is 0 Å². The van der Waals surface area contributed by atoms with Gasteiger partial charge in [0.2, 0.25) is 5.91 Å². The lowest BCUT2D eigenvalue weighted by molar-refractivity contribution is -0.143. The summed E-state index contributed by atoms with van der Waals surface area (Å²) < 4.78 is 97.4. The molecule has 43 heavy (non-hydrogen) atoms. The Kier molecular flexibility index (Phi) is 9.62. The monoisotopic (exact) mass is 617 g/mol. The lowest BCUT2D eigenvalue weighted by Crippen LogP contribution is -2.64. The van der Waals surface area contributed by atoms with Gasteiger partial charge in [-0.15, -0.1) is 0 Å². The average Bonchev–Trinajstić information content (AvgIpc) is 3.33. The lowest BCUT2D eigenvalue weighted by atomic mass is 9.74. The molecule has 1 amide bonds. The Labute approximate surface area is 244 Å². The molecule has 2 aliphatic rings. The predicted octanol–water partition coefficient (Wildman–Crippen LogP) is 5.51. The van der Waals surface area contributed by atoms with Gasteiger partial charge < -0.3 is 25.3 Å². The van der Waals surface area contributed by atoms with Gasteiger partial charge in [0, 0.05) is 19.5 Å². The highest BCUT2D eigenvalue weighted by molar-refractivity contribution is 5.79. The van der Waals surface area contributed by atoms with Gasteiger partial charge in [-0.3, -0.25) is 9.69 Å². The number of nitrogens with two attached hydrogens (primary N) is 1. The van der Waals surface area contributed by atoms with Gasteiger partial charge in [-0.1, -0.05) is 30.3 Å². The van der Waals surface area contributed by atoms with Crippen molar-refractivity contribution in [2.24, 2.45) is 5.73 Å². The SMILES string of the molecule is C[C@@H](OC[C@@]1(c2ccccc2)CC[C@]2(CCC(=O)N2)CN1COC(=O)OCCN)c1cc(C(F)(F)F)cc(C(F)(F)F)c1. The van der Waals surface area contributed by atoms with Crippen LogP contribution >= 0.6 is 0 Å². The zero-order chi connectivity index (χ0) is 31.5. The molecule has 0 aliphatic carbocycles. The van der Waals surface area contributed by atoms with Crippen LogP contribution in [0.3, 0.4) is 0 Å². The Hall–Kier alpha value is -3.36. The molecule has 0 saturated carbocycles. The molecule has 2 saturated heterocycles. The molecule has 2 heterocycles. The van der Waals surface area contributed by atoms with E-state index in [0.717, 1.165) is 5.56 Å². The molecular formula is C29H33F6N3O5. The molecule has 2 aromatic carbocycles. The molecule has 14 heteroatoms. The van der Waals surface area contributed by atoms with Crippen molar-refractivity contribution < 1.29 is 50.1 Å². The topological polar surface area (TPSA) is 103 Å². The average molecular weight is 618 g/mol. The van der Waals surface area contributed by atoms with E-state index < -0.39 is 46.8 Å². The molecule has 2 fully saturated rings. The van der Waals surface area contributed by atoms with Gasteiger partial charge in [0.1, 0.15) is 13.3 Å². The zero-order valence-corrected chi connectivity index (χ0v) is 23.4. The van der Waals surface area contributed by atoms with Crippen LogP contribution < -0.4 is 11.1 Å². The molecule has 1 spiro atoms. The van der Waals surface area contributed by atoms with E-state index in [4.69, 9.17) is 19.9 Å². The quantitative estimate of drug-likeness (QED) is 0.283. The summed E-state index contributed by atoms with van der Waals surface area (Å²) in [4.78, 5) is 26.2. The van der Waals surface area contributed by atoms with Crippen molar-refractivity contribution in [3.63, 3.8) is 0 Å². The number of halogens is 6. The van der Waals surface area contributed by atoms with Crippen LogP contribution in [-0.4, -0.2) is 55.5 Å². The van der Waals surface area contributed by atoms with Gasteiger partial charge in [-0.05, 0) is 55.5 Å². The summed E-state index contributed by atoms with van der Waals surface area (Å²) in [7, 11) is 0. The Morgan fingerprint density at radius 1 is 1.00 bits per heavy atom. The minimum absolute atomic E-state index is 0.0693. The minimum Gasteiger partial charge on any atom is -0.433 e. The van der Waals surface area contributed by atoms with Gasteiger partial charge in [-0.25, -0.2) is 4.79 Å².